The Kier molecular flexibility index (Phi) is 4.79. The van der Waals surface area contributed by atoms with Gasteiger partial charge in [-0.1, -0.05) is 36.4 Å². The smallest absolute Gasteiger partial charge is 0.136 e. The molecule has 2 atom stereocenters. The lowest BCUT2D eigenvalue weighted by Crippen LogP contribution is -2.42. The molecule has 1 N–H and O–H groups in total. The second kappa shape index (κ2) is 6.81. The van der Waals surface area contributed by atoms with Crippen molar-refractivity contribution in [2.24, 2.45) is 0 Å². The van der Waals surface area contributed by atoms with Crippen molar-refractivity contribution in [2.45, 2.75) is 25.0 Å². The fraction of sp³-hybridized carbons (Fsp3) is 0.368. The van der Waals surface area contributed by atoms with Crippen LogP contribution in [0.2, 0.25) is 0 Å². The molecule has 122 valence electrons. The third-order valence-electron chi connectivity index (χ3n) is 4.76. The van der Waals surface area contributed by atoms with E-state index in [1.165, 1.54) is 29.7 Å². The number of benzene rings is 2. The van der Waals surface area contributed by atoms with Crippen molar-refractivity contribution in [3.63, 3.8) is 0 Å². The number of nitrogens with one attached hydrogen (secondary N) is 1. The van der Waals surface area contributed by atoms with Crippen molar-refractivity contribution >= 4 is 18.1 Å². The van der Waals surface area contributed by atoms with Crippen molar-refractivity contribution in [1.29, 1.82) is 0 Å². The molecule has 0 fully saturated rings. The van der Waals surface area contributed by atoms with Gasteiger partial charge in [0.25, 0.3) is 0 Å². The van der Waals surface area contributed by atoms with E-state index in [4.69, 9.17) is 4.74 Å². The van der Waals surface area contributed by atoms with Crippen LogP contribution >= 0.6 is 12.4 Å². The first-order valence-electron chi connectivity index (χ1n) is 8.13. The monoisotopic (exact) mass is 330 g/mol. The number of anilines is 1. The van der Waals surface area contributed by atoms with E-state index < -0.39 is 0 Å². The molecule has 0 spiro atoms. The molecule has 4 heteroatoms. The Balaban J connectivity index is 0.00000156. The number of halogens is 1. The Morgan fingerprint density at radius 2 is 1.91 bits per heavy atom. The van der Waals surface area contributed by atoms with Gasteiger partial charge in [-0.05, 0) is 37.6 Å². The Hall–Kier alpha value is -1.71. The van der Waals surface area contributed by atoms with Gasteiger partial charge in [0, 0.05) is 24.3 Å². The lowest BCUT2D eigenvalue weighted by Gasteiger charge is -2.38. The van der Waals surface area contributed by atoms with Crippen molar-refractivity contribution in [2.75, 3.05) is 25.0 Å². The molecule has 0 radical (unpaired) electrons. The maximum absolute atomic E-state index is 6.22. The first-order chi connectivity index (χ1) is 10.9. The molecule has 0 saturated carbocycles. The maximum atomic E-state index is 6.22. The van der Waals surface area contributed by atoms with Crippen molar-refractivity contribution in [1.82, 2.24) is 5.32 Å². The summed E-state index contributed by atoms with van der Waals surface area (Å²) < 4.78 is 6.22. The number of hydrogen-bond acceptors (Lipinski definition) is 3. The highest BCUT2D eigenvalue weighted by Crippen LogP contribution is 2.44. The molecule has 3 nitrogen and oxygen atoms in total. The molecule has 2 aromatic rings. The van der Waals surface area contributed by atoms with Gasteiger partial charge >= 0.3 is 0 Å². The molecular formula is C19H23ClN2O. The topological polar surface area (TPSA) is 24.5 Å². The molecule has 2 aliphatic heterocycles. The standard InChI is InChI=1S/C19H22N2O.ClH/c1-20-13-18-19(15-9-3-5-11-17(15)22-18)21-12-6-8-14-7-2-4-10-16(14)21;/h2-5,7,9-11,18-20H,6,8,12-13H2,1H3;1H. The summed E-state index contributed by atoms with van der Waals surface area (Å²) in [4.78, 5) is 2.55. The Morgan fingerprint density at radius 3 is 2.78 bits per heavy atom. The van der Waals surface area contributed by atoms with Gasteiger partial charge in [-0.15, -0.1) is 12.4 Å². The van der Waals surface area contributed by atoms with Crippen LogP contribution in [0.15, 0.2) is 48.5 Å². The van der Waals surface area contributed by atoms with Crippen LogP contribution in [0.5, 0.6) is 5.75 Å². The van der Waals surface area contributed by atoms with Gasteiger partial charge in [-0.2, -0.15) is 0 Å². The van der Waals surface area contributed by atoms with E-state index >= 15 is 0 Å². The van der Waals surface area contributed by atoms with Crippen LogP contribution in [0.3, 0.4) is 0 Å². The number of aryl methyl sites for hydroxylation is 1. The van der Waals surface area contributed by atoms with Crippen LogP contribution in [-0.4, -0.2) is 26.2 Å². The average Bonchev–Trinajstić information content (AvgIpc) is 2.92. The van der Waals surface area contributed by atoms with Gasteiger partial charge in [0.05, 0.1) is 6.04 Å². The number of para-hydroxylation sites is 2. The van der Waals surface area contributed by atoms with Gasteiger partial charge in [-0.3, -0.25) is 0 Å². The van der Waals surface area contributed by atoms with Crippen molar-refractivity contribution in [3.05, 3.63) is 59.7 Å². The highest BCUT2D eigenvalue weighted by Gasteiger charge is 2.39. The average molecular weight is 331 g/mol. The summed E-state index contributed by atoms with van der Waals surface area (Å²) in [6.07, 6.45) is 2.55. The van der Waals surface area contributed by atoms with E-state index in [9.17, 15) is 0 Å². The highest BCUT2D eigenvalue weighted by atomic mass is 35.5. The molecule has 2 aliphatic rings. The number of rotatable bonds is 3. The molecule has 0 bridgehead atoms. The zero-order valence-electron chi connectivity index (χ0n) is 13.4. The number of ether oxygens (including phenoxy) is 1. The van der Waals surface area contributed by atoms with Crippen LogP contribution in [0.1, 0.15) is 23.6 Å². The van der Waals surface area contributed by atoms with Gasteiger partial charge in [0.2, 0.25) is 0 Å². The molecule has 2 heterocycles. The Bertz CT molecular complexity index is 676. The molecule has 2 aromatic carbocycles. The summed E-state index contributed by atoms with van der Waals surface area (Å²) in [5.41, 5.74) is 4.15. The van der Waals surface area contributed by atoms with E-state index in [0.717, 1.165) is 18.8 Å². The summed E-state index contributed by atoms with van der Waals surface area (Å²) >= 11 is 0. The van der Waals surface area contributed by atoms with Gasteiger partial charge < -0.3 is 15.0 Å². The summed E-state index contributed by atoms with van der Waals surface area (Å²) in [5, 5.41) is 3.29. The molecule has 4 rings (SSSR count). The van der Waals surface area contributed by atoms with Gasteiger partial charge in [0.1, 0.15) is 11.9 Å². The van der Waals surface area contributed by atoms with E-state index in [-0.39, 0.29) is 18.5 Å². The SMILES string of the molecule is CNCC1Oc2ccccc2C1N1CCCc2ccccc21.Cl. The second-order valence-corrected chi connectivity index (χ2v) is 6.12. The molecule has 0 aromatic heterocycles. The highest BCUT2D eigenvalue weighted by molar-refractivity contribution is 5.85. The fourth-order valence-electron chi connectivity index (χ4n) is 3.83. The van der Waals surface area contributed by atoms with E-state index in [0.29, 0.717) is 6.04 Å². The summed E-state index contributed by atoms with van der Waals surface area (Å²) in [7, 11) is 1.99. The predicted octanol–water partition coefficient (Wildman–Crippen LogP) is 3.58. The number of likely N-dealkylation sites (N-methyl/N-ethyl adjacent to an activating group) is 1. The largest absolute Gasteiger partial charge is 0.486 e. The van der Waals surface area contributed by atoms with Crippen LogP contribution in [-0.2, 0) is 6.42 Å². The number of fused-ring (bicyclic) bond motifs is 2. The Labute approximate surface area is 144 Å². The van der Waals surface area contributed by atoms with Gasteiger partial charge in [0.15, 0.2) is 0 Å². The molecular weight excluding hydrogens is 308 g/mol. The summed E-state index contributed by atoms with van der Waals surface area (Å²) in [6.45, 7) is 1.96. The maximum Gasteiger partial charge on any atom is 0.136 e. The molecule has 0 aliphatic carbocycles. The lowest BCUT2D eigenvalue weighted by molar-refractivity contribution is 0.200. The first kappa shape index (κ1) is 16.2. The van der Waals surface area contributed by atoms with Crippen molar-refractivity contribution < 1.29 is 4.74 Å². The summed E-state index contributed by atoms with van der Waals surface area (Å²) in [5.74, 6) is 1.04. The lowest BCUT2D eigenvalue weighted by atomic mass is 9.95. The first-order valence-corrected chi connectivity index (χ1v) is 8.13. The molecule has 2 unspecified atom stereocenters. The molecule has 0 amide bonds. The molecule has 0 saturated heterocycles. The predicted molar refractivity (Wildman–Crippen MR) is 96.9 cm³/mol. The van der Waals surface area contributed by atoms with E-state index in [1.807, 2.05) is 7.05 Å². The fourth-order valence-corrected chi connectivity index (χ4v) is 3.83. The van der Waals surface area contributed by atoms with Crippen LogP contribution in [0.4, 0.5) is 5.69 Å². The minimum absolute atomic E-state index is 0. The number of nitrogens with zero attached hydrogens (tertiary/aromatic N) is 1. The third kappa shape index (κ3) is 2.79. The zero-order valence-corrected chi connectivity index (χ0v) is 14.2. The normalized spacial score (nSPS) is 21.9. The van der Waals surface area contributed by atoms with Crippen molar-refractivity contribution in [3.8, 4) is 5.75 Å². The van der Waals surface area contributed by atoms with Gasteiger partial charge in [-0.25, -0.2) is 0 Å². The molecule has 23 heavy (non-hydrogen) atoms. The quantitative estimate of drug-likeness (QED) is 0.931. The minimum atomic E-state index is 0. The van der Waals surface area contributed by atoms with Crippen LogP contribution in [0.25, 0.3) is 0 Å². The minimum Gasteiger partial charge on any atom is -0.486 e. The third-order valence-corrected chi connectivity index (χ3v) is 4.76. The van der Waals surface area contributed by atoms with E-state index in [2.05, 4.69) is 58.7 Å². The zero-order chi connectivity index (χ0) is 14.9. The Morgan fingerprint density at radius 1 is 1.13 bits per heavy atom. The van der Waals surface area contributed by atoms with Crippen LogP contribution < -0.4 is 15.0 Å². The second-order valence-electron chi connectivity index (χ2n) is 6.12. The van der Waals surface area contributed by atoms with Crippen LogP contribution in [0, 0.1) is 0 Å². The van der Waals surface area contributed by atoms with E-state index in [1.54, 1.807) is 0 Å². The summed E-state index contributed by atoms with van der Waals surface area (Å²) in [6, 6.07) is 17.6. The number of hydrogen-bond donors (Lipinski definition) is 1.